The highest BCUT2D eigenvalue weighted by Crippen LogP contribution is 2.23. The lowest BCUT2D eigenvalue weighted by atomic mass is 10.0. The zero-order chi connectivity index (χ0) is 16.1. The molecule has 0 fully saturated rings. The predicted octanol–water partition coefficient (Wildman–Crippen LogP) is 1.65. The molecule has 2 aromatic rings. The van der Waals surface area contributed by atoms with Crippen LogP contribution < -0.4 is 15.4 Å². The number of ether oxygens (including phenoxy) is 2. The Morgan fingerprint density at radius 2 is 2.35 bits per heavy atom. The molecular weight excluding hydrogens is 296 g/mol. The van der Waals surface area contributed by atoms with Crippen LogP contribution >= 0.6 is 0 Å². The van der Waals surface area contributed by atoms with Crippen molar-refractivity contribution in [2.45, 2.75) is 19.0 Å². The third-order valence-corrected chi connectivity index (χ3v) is 3.63. The van der Waals surface area contributed by atoms with Gasteiger partial charge in [0.15, 0.2) is 0 Å². The van der Waals surface area contributed by atoms with E-state index in [2.05, 4.69) is 15.7 Å². The van der Waals surface area contributed by atoms with Crippen molar-refractivity contribution < 1.29 is 14.3 Å². The molecule has 2 heterocycles. The third kappa shape index (κ3) is 4.01. The number of carbonyl (C=O) groups excluding carboxylic acids is 1. The van der Waals surface area contributed by atoms with Crippen LogP contribution in [0.2, 0.25) is 0 Å². The summed E-state index contributed by atoms with van der Waals surface area (Å²) >= 11 is 0. The Bertz CT molecular complexity index is 671. The Labute approximate surface area is 134 Å². The molecular formula is C16H20N4O3. The van der Waals surface area contributed by atoms with E-state index in [9.17, 15) is 4.79 Å². The minimum absolute atomic E-state index is 0.0477. The second-order valence-electron chi connectivity index (χ2n) is 5.40. The Morgan fingerprint density at radius 1 is 1.48 bits per heavy atom. The predicted molar refractivity (Wildman–Crippen MR) is 85.7 cm³/mol. The van der Waals surface area contributed by atoms with Gasteiger partial charge in [-0.25, -0.2) is 4.79 Å². The van der Waals surface area contributed by atoms with Crippen LogP contribution in [0.5, 0.6) is 5.75 Å². The molecule has 7 heteroatoms. The lowest BCUT2D eigenvalue weighted by Crippen LogP contribution is -2.44. The summed E-state index contributed by atoms with van der Waals surface area (Å²) in [5.74, 6) is 0.894. The number of hydrogen-bond acceptors (Lipinski definition) is 4. The number of hydrogen-bond donors (Lipinski definition) is 2. The van der Waals surface area contributed by atoms with Gasteiger partial charge in [0, 0.05) is 13.3 Å². The second-order valence-corrected chi connectivity index (χ2v) is 5.40. The highest BCUT2D eigenvalue weighted by Gasteiger charge is 2.21. The van der Waals surface area contributed by atoms with Gasteiger partial charge in [-0.1, -0.05) is 18.2 Å². The lowest BCUT2D eigenvalue weighted by Gasteiger charge is -2.25. The fraction of sp³-hybridized carbons (Fsp3) is 0.375. The molecule has 122 valence electrons. The highest BCUT2D eigenvalue weighted by atomic mass is 16.5. The van der Waals surface area contributed by atoms with Gasteiger partial charge in [0.05, 0.1) is 31.1 Å². The fourth-order valence-corrected chi connectivity index (χ4v) is 2.51. The molecule has 0 bridgehead atoms. The second kappa shape index (κ2) is 7.15. The number of anilines is 1. The minimum Gasteiger partial charge on any atom is -0.491 e. The van der Waals surface area contributed by atoms with Gasteiger partial charge in [0.2, 0.25) is 0 Å². The largest absolute Gasteiger partial charge is 0.491 e. The van der Waals surface area contributed by atoms with Gasteiger partial charge in [-0.15, -0.1) is 0 Å². The Hall–Kier alpha value is -2.54. The van der Waals surface area contributed by atoms with Crippen LogP contribution in [0.1, 0.15) is 5.56 Å². The summed E-state index contributed by atoms with van der Waals surface area (Å²) in [5, 5.41) is 9.86. The molecule has 0 saturated carbocycles. The molecule has 0 aliphatic carbocycles. The first-order valence-electron chi connectivity index (χ1n) is 7.54. The normalized spacial score (nSPS) is 16.3. The summed E-state index contributed by atoms with van der Waals surface area (Å²) in [6.45, 7) is 1.69. The molecule has 0 saturated heterocycles. The molecule has 2 N–H and O–H groups in total. The summed E-state index contributed by atoms with van der Waals surface area (Å²) in [6.07, 6.45) is 4.14. The molecule has 1 aliphatic rings. The maximum atomic E-state index is 12.1. The molecule has 1 aromatic carbocycles. The van der Waals surface area contributed by atoms with Gasteiger partial charge in [-0.3, -0.25) is 4.68 Å². The molecule has 7 nitrogen and oxygen atoms in total. The molecule has 1 aliphatic heterocycles. The standard InChI is InChI=1S/C16H20N4O3/c1-22-7-6-20-10-14(9-17-20)19-16(21)18-13-8-12-4-2-3-5-15(12)23-11-13/h2-5,9-10,13H,6-8,11H2,1H3,(H2,18,19,21)/t13-/m1/s1. The van der Waals surface area contributed by atoms with Crippen LogP contribution in [0.3, 0.4) is 0 Å². The first-order valence-corrected chi connectivity index (χ1v) is 7.54. The average Bonchev–Trinajstić information content (AvgIpc) is 3.00. The van der Waals surface area contributed by atoms with Crippen molar-refractivity contribution >= 4 is 11.7 Å². The van der Waals surface area contributed by atoms with Crippen LogP contribution in [-0.2, 0) is 17.7 Å². The van der Waals surface area contributed by atoms with Crippen molar-refractivity contribution in [2.75, 3.05) is 25.6 Å². The Kier molecular flexibility index (Phi) is 4.77. The van der Waals surface area contributed by atoms with E-state index in [1.54, 1.807) is 24.2 Å². The van der Waals surface area contributed by atoms with E-state index in [0.717, 1.165) is 17.7 Å². The summed E-state index contributed by atoms with van der Waals surface area (Å²) in [4.78, 5) is 12.1. The summed E-state index contributed by atoms with van der Waals surface area (Å²) in [5.41, 5.74) is 1.76. The molecule has 3 rings (SSSR count). The fourth-order valence-electron chi connectivity index (χ4n) is 2.51. The van der Waals surface area contributed by atoms with E-state index in [0.29, 0.717) is 25.4 Å². The molecule has 0 radical (unpaired) electrons. The quantitative estimate of drug-likeness (QED) is 0.879. The van der Waals surface area contributed by atoms with Gasteiger partial charge in [-0.2, -0.15) is 5.10 Å². The average molecular weight is 316 g/mol. The van der Waals surface area contributed by atoms with E-state index in [1.807, 2.05) is 24.3 Å². The number of amides is 2. The van der Waals surface area contributed by atoms with E-state index in [-0.39, 0.29) is 12.1 Å². The highest BCUT2D eigenvalue weighted by molar-refractivity contribution is 5.89. The number of methoxy groups -OCH3 is 1. The van der Waals surface area contributed by atoms with Crippen LogP contribution in [0.15, 0.2) is 36.7 Å². The molecule has 23 heavy (non-hydrogen) atoms. The van der Waals surface area contributed by atoms with Gasteiger partial charge in [0.25, 0.3) is 0 Å². The van der Waals surface area contributed by atoms with Crippen molar-refractivity contribution in [1.82, 2.24) is 15.1 Å². The van der Waals surface area contributed by atoms with E-state index >= 15 is 0 Å². The topological polar surface area (TPSA) is 77.4 Å². The van der Waals surface area contributed by atoms with Gasteiger partial charge in [-0.05, 0) is 18.1 Å². The number of fused-ring (bicyclic) bond motifs is 1. The number of nitrogens with zero attached hydrogens (tertiary/aromatic N) is 2. The molecule has 1 atom stereocenters. The van der Waals surface area contributed by atoms with Crippen LogP contribution in [0, 0.1) is 0 Å². The van der Waals surface area contributed by atoms with Crippen LogP contribution in [0.4, 0.5) is 10.5 Å². The van der Waals surface area contributed by atoms with Gasteiger partial charge >= 0.3 is 6.03 Å². The molecule has 2 amide bonds. The maximum Gasteiger partial charge on any atom is 0.319 e. The zero-order valence-electron chi connectivity index (χ0n) is 13.0. The number of benzene rings is 1. The number of urea groups is 1. The monoisotopic (exact) mass is 316 g/mol. The molecule has 0 spiro atoms. The number of nitrogens with one attached hydrogen (secondary N) is 2. The van der Waals surface area contributed by atoms with E-state index in [4.69, 9.17) is 9.47 Å². The Balaban J connectivity index is 1.51. The summed E-state index contributed by atoms with van der Waals surface area (Å²) < 4.78 is 12.4. The van der Waals surface area contributed by atoms with E-state index in [1.165, 1.54) is 0 Å². The van der Waals surface area contributed by atoms with Crippen molar-refractivity contribution in [3.8, 4) is 5.75 Å². The van der Waals surface area contributed by atoms with E-state index < -0.39 is 0 Å². The van der Waals surface area contributed by atoms with Crippen molar-refractivity contribution in [1.29, 1.82) is 0 Å². The molecule has 0 unspecified atom stereocenters. The zero-order valence-corrected chi connectivity index (χ0v) is 13.0. The van der Waals surface area contributed by atoms with Gasteiger partial charge < -0.3 is 20.1 Å². The number of aromatic nitrogens is 2. The van der Waals surface area contributed by atoms with Crippen molar-refractivity contribution in [2.24, 2.45) is 0 Å². The number of rotatable bonds is 5. The lowest BCUT2D eigenvalue weighted by molar-refractivity contribution is 0.183. The van der Waals surface area contributed by atoms with Gasteiger partial charge in [0.1, 0.15) is 12.4 Å². The van der Waals surface area contributed by atoms with Crippen molar-refractivity contribution in [3.63, 3.8) is 0 Å². The number of carbonyl (C=O) groups is 1. The SMILES string of the molecule is COCCn1cc(NC(=O)N[C@H]2COc3ccccc3C2)cn1. The Morgan fingerprint density at radius 3 is 3.22 bits per heavy atom. The first-order chi connectivity index (χ1) is 11.2. The molecule has 1 aromatic heterocycles. The van der Waals surface area contributed by atoms with Crippen molar-refractivity contribution in [3.05, 3.63) is 42.2 Å². The number of para-hydroxylation sites is 1. The third-order valence-electron chi connectivity index (χ3n) is 3.63. The minimum atomic E-state index is -0.260. The van der Waals surface area contributed by atoms with Crippen LogP contribution in [0.25, 0.3) is 0 Å². The first kappa shape index (κ1) is 15.4. The smallest absolute Gasteiger partial charge is 0.319 e. The van der Waals surface area contributed by atoms with Crippen LogP contribution in [-0.4, -0.2) is 42.2 Å². The maximum absolute atomic E-state index is 12.1. The summed E-state index contributed by atoms with van der Waals surface area (Å²) in [6, 6.07) is 7.57. The summed E-state index contributed by atoms with van der Waals surface area (Å²) in [7, 11) is 1.64.